The molecule has 0 unspecified atom stereocenters. The van der Waals surface area contributed by atoms with E-state index >= 15 is 0 Å². The van der Waals surface area contributed by atoms with Gasteiger partial charge in [0.1, 0.15) is 0 Å². The summed E-state index contributed by atoms with van der Waals surface area (Å²) in [5.41, 5.74) is 0. The van der Waals surface area contributed by atoms with Gasteiger partial charge in [0.15, 0.2) is 4.34 Å². The number of rotatable bonds is 7. The van der Waals surface area contributed by atoms with E-state index in [-0.39, 0.29) is 5.91 Å². The van der Waals surface area contributed by atoms with E-state index in [2.05, 4.69) is 20.8 Å². The van der Waals surface area contributed by atoms with Crippen molar-refractivity contribution >= 4 is 34.1 Å². The maximum absolute atomic E-state index is 11.8. The first-order chi connectivity index (χ1) is 9.78. The molecule has 5 nitrogen and oxygen atoms in total. The monoisotopic (exact) mass is 314 g/mol. The van der Waals surface area contributed by atoms with Crippen LogP contribution in [0.4, 0.5) is 5.13 Å². The summed E-state index contributed by atoms with van der Waals surface area (Å²) in [4.78, 5) is 11.8. The summed E-state index contributed by atoms with van der Waals surface area (Å²) in [6.45, 7) is 2.88. The fourth-order valence-electron chi connectivity index (χ4n) is 2.27. The summed E-state index contributed by atoms with van der Waals surface area (Å²) >= 11 is 3.14. The van der Waals surface area contributed by atoms with E-state index in [1.807, 2.05) is 6.92 Å². The number of aromatic nitrogens is 2. The van der Waals surface area contributed by atoms with E-state index in [1.54, 1.807) is 23.1 Å². The molecule has 2 rings (SSSR count). The molecule has 0 atom stereocenters. The minimum Gasteiger partial charge on any atom is -0.360 e. The van der Waals surface area contributed by atoms with Crippen LogP contribution in [0.15, 0.2) is 4.34 Å². The van der Waals surface area contributed by atoms with E-state index in [0.717, 1.165) is 34.6 Å². The Bertz CT molecular complexity index is 418. The molecule has 1 aromatic rings. The molecule has 0 bridgehead atoms. The van der Waals surface area contributed by atoms with Crippen LogP contribution in [0.25, 0.3) is 0 Å². The van der Waals surface area contributed by atoms with Gasteiger partial charge in [-0.3, -0.25) is 4.79 Å². The number of carbonyl (C=O) groups excluding carboxylic acids is 1. The second kappa shape index (κ2) is 8.46. The number of nitrogens with zero attached hydrogens (tertiary/aromatic N) is 2. The van der Waals surface area contributed by atoms with Crippen LogP contribution in [0.2, 0.25) is 0 Å². The van der Waals surface area contributed by atoms with Gasteiger partial charge < -0.3 is 10.6 Å². The van der Waals surface area contributed by atoms with Crippen molar-refractivity contribution in [1.29, 1.82) is 0 Å². The number of hydrogen-bond donors (Lipinski definition) is 2. The summed E-state index contributed by atoms with van der Waals surface area (Å²) in [5, 5.41) is 15.2. The third-order valence-electron chi connectivity index (χ3n) is 3.26. The lowest BCUT2D eigenvalue weighted by Gasteiger charge is -2.22. The zero-order chi connectivity index (χ0) is 14.2. The summed E-state index contributed by atoms with van der Waals surface area (Å²) < 4.78 is 0.923. The van der Waals surface area contributed by atoms with Crippen LogP contribution in [0.1, 0.15) is 45.4 Å². The van der Waals surface area contributed by atoms with Gasteiger partial charge in [0, 0.05) is 24.8 Å². The average Bonchev–Trinajstić information content (AvgIpc) is 2.88. The molecule has 0 saturated heterocycles. The number of nitrogens with one attached hydrogen (secondary N) is 2. The molecule has 20 heavy (non-hydrogen) atoms. The van der Waals surface area contributed by atoms with Crippen molar-refractivity contribution in [2.75, 3.05) is 17.6 Å². The van der Waals surface area contributed by atoms with E-state index in [4.69, 9.17) is 0 Å². The molecule has 1 saturated carbocycles. The number of anilines is 1. The lowest BCUT2D eigenvalue weighted by molar-refractivity contribution is -0.121. The topological polar surface area (TPSA) is 66.9 Å². The fourth-order valence-corrected chi connectivity index (χ4v) is 4.10. The summed E-state index contributed by atoms with van der Waals surface area (Å²) in [6.07, 6.45) is 6.64. The predicted octanol–water partition coefficient (Wildman–Crippen LogP) is 2.90. The smallest absolute Gasteiger partial charge is 0.221 e. The van der Waals surface area contributed by atoms with Crippen LogP contribution < -0.4 is 10.6 Å². The second-order valence-corrected chi connectivity index (χ2v) is 7.22. The Kier molecular flexibility index (Phi) is 6.59. The number of thioether (sulfide) groups is 1. The van der Waals surface area contributed by atoms with Crippen LogP contribution in [0.5, 0.6) is 0 Å². The van der Waals surface area contributed by atoms with Crippen molar-refractivity contribution in [3.05, 3.63) is 0 Å². The SMILES string of the molecule is CCNc1nnc(SCCC(=O)NC2CCCCC2)s1. The highest BCUT2D eigenvalue weighted by atomic mass is 32.2. The third kappa shape index (κ3) is 5.28. The molecule has 1 amide bonds. The number of hydrogen-bond acceptors (Lipinski definition) is 6. The van der Waals surface area contributed by atoms with Gasteiger partial charge in [0.2, 0.25) is 11.0 Å². The van der Waals surface area contributed by atoms with Crippen LogP contribution >= 0.6 is 23.1 Å². The molecule has 7 heteroatoms. The van der Waals surface area contributed by atoms with E-state index in [0.29, 0.717) is 12.5 Å². The van der Waals surface area contributed by atoms with Crippen molar-refractivity contribution in [3.63, 3.8) is 0 Å². The highest BCUT2D eigenvalue weighted by Crippen LogP contribution is 2.25. The molecule has 1 aliphatic carbocycles. The minimum atomic E-state index is 0.167. The lowest BCUT2D eigenvalue weighted by Crippen LogP contribution is -2.36. The maximum Gasteiger partial charge on any atom is 0.221 e. The molecule has 1 fully saturated rings. The Morgan fingerprint density at radius 1 is 1.35 bits per heavy atom. The first-order valence-corrected chi connectivity index (χ1v) is 9.07. The van der Waals surface area contributed by atoms with Crippen LogP contribution in [0.3, 0.4) is 0 Å². The average molecular weight is 314 g/mol. The number of amides is 1. The van der Waals surface area contributed by atoms with Crippen LogP contribution in [-0.2, 0) is 4.79 Å². The molecular formula is C13H22N4OS2. The van der Waals surface area contributed by atoms with Crippen molar-refractivity contribution in [1.82, 2.24) is 15.5 Å². The van der Waals surface area contributed by atoms with E-state index in [9.17, 15) is 4.79 Å². The first kappa shape index (κ1) is 15.6. The maximum atomic E-state index is 11.8. The van der Waals surface area contributed by atoms with E-state index in [1.165, 1.54) is 19.3 Å². The van der Waals surface area contributed by atoms with Crippen LogP contribution in [-0.4, -0.2) is 34.4 Å². The largest absolute Gasteiger partial charge is 0.360 e. The van der Waals surface area contributed by atoms with Gasteiger partial charge in [-0.1, -0.05) is 42.4 Å². The summed E-state index contributed by atoms with van der Waals surface area (Å²) in [5.74, 6) is 0.931. The van der Waals surface area contributed by atoms with Gasteiger partial charge >= 0.3 is 0 Å². The molecule has 0 aromatic carbocycles. The zero-order valence-corrected chi connectivity index (χ0v) is 13.5. The summed E-state index contributed by atoms with van der Waals surface area (Å²) in [6, 6.07) is 0.406. The Labute approximate surface area is 128 Å². The lowest BCUT2D eigenvalue weighted by atomic mass is 9.95. The molecule has 1 aromatic heterocycles. The Balaban J connectivity index is 1.62. The van der Waals surface area contributed by atoms with Crippen molar-refractivity contribution in [2.45, 2.75) is 55.8 Å². The molecule has 1 heterocycles. The van der Waals surface area contributed by atoms with Crippen molar-refractivity contribution in [2.24, 2.45) is 0 Å². The molecular weight excluding hydrogens is 292 g/mol. The molecule has 2 N–H and O–H groups in total. The Hall–Kier alpha value is -0.820. The highest BCUT2D eigenvalue weighted by molar-refractivity contribution is 8.01. The van der Waals surface area contributed by atoms with Gasteiger partial charge in [0.25, 0.3) is 0 Å². The molecule has 0 radical (unpaired) electrons. The van der Waals surface area contributed by atoms with Gasteiger partial charge in [0.05, 0.1) is 0 Å². The van der Waals surface area contributed by atoms with Gasteiger partial charge in [-0.25, -0.2) is 0 Å². The standard InChI is InChI=1S/C13H22N4OS2/c1-2-14-12-16-17-13(20-12)19-9-8-11(18)15-10-6-4-3-5-7-10/h10H,2-9H2,1H3,(H,14,16)(H,15,18). The van der Waals surface area contributed by atoms with Gasteiger partial charge in [-0.2, -0.15) is 0 Å². The molecule has 112 valence electrons. The van der Waals surface area contributed by atoms with Crippen LogP contribution in [0, 0.1) is 0 Å². The second-order valence-electron chi connectivity index (χ2n) is 4.90. The third-order valence-corrected chi connectivity index (χ3v) is 5.28. The Morgan fingerprint density at radius 2 is 2.15 bits per heavy atom. The van der Waals surface area contributed by atoms with Gasteiger partial charge in [-0.05, 0) is 19.8 Å². The quantitative estimate of drug-likeness (QED) is 0.758. The minimum absolute atomic E-state index is 0.167. The normalized spacial score (nSPS) is 16.1. The highest BCUT2D eigenvalue weighted by Gasteiger charge is 2.15. The van der Waals surface area contributed by atoms with Gasteiger partial charge in [-0.15, -0.1) is 10.2 Å². The van der Waals surface area contributed by atoms with Crippen molar-refractivity contribution < 1.29 is 4.79 Å². The first-order valence-electron chi connectivity index (χ1n) is 7.27. The number of carbonyl (C=O) groups is 1. The summed E-state index contributed by atoms with van der Waals surface area (Å²) in [7, 11) is 0. The molecule has 1 aliphatic rings. The zero-order valence-electron chi connectivity index (χ0n) is 11.9. The molecule has 0 aliphatic heterocycles. The Morgan fingerprint density at radius 3 is 2.90 bits per heavy atom. The fraction of sp³-hybridized carbons (Fsp3) is 0.769. The predicted molar refractivity (Wildman–Crippen MR) is 84.4 cm³/mol. The molecule has 0 spiro atoms. The van der Waals surface area contributed by atoms with Crippen molar-refractivity contribution in [3.8, 4) is 0 Å². The van der Waals surface area contributed by atoms with E-state index < -0.39 is 0 Å².